The Morgan fingerprint density at radius 3 is 2.36 bits per heavy atom. The number of urea groups is 1. The Balaban J connectivity index is 1.49. The van der Waals surface area contributed by atoms with E-state index < -0.39 is 17.9 Å². The van der Waals surface area contributed by atoms with Crippen LogP contribution in [0.3, 0.4) is 0 Å². The molecule has 2 saturated heterocycles. The first-order valence-corrected chi connectivity index (χ1v) is 9.49. The second-order valence-corrected chi connectivity index (χ2v) is 7.52. The molecule has 0 saturated carbocycles. The number of hydrogen-bond acceptors (Lipinski definition) is 4. The second-order valence-electron chi connectivity index (χ2n) is 7.52. The molecule has 154 valence electrons. The molecule has 3 amide bonds. The number of piperidine rings is 2. The topological polar surface area (TPSA) is 78.4 Å². The van der Waals surface area contributed by atoms with Crippen molar-refractivity contribution in [3.8, 4) is 0 Å². The van der Waals surface area contributed by atoms with Gasteiger partial charge >= 0.3 is 12.2 Å². The van der Waals surface area contributed by atoms with Gasteiger partial charge in [0.05, 0.1) is 0 Å². The van der Waals surface area contributed by atoms with Gasteiger partial charge in [-0.2, -0.15) is 13.2 Å². The third-order valence-electron chi connectivity index (χ3n) is 5.29. The van der Waals surface area contributed by atoms with Crippen LogP contribution >= 0.6 is 0 Å². The summed E-state index contributed by atoms with van der Waals surface area (Å²) in [5.74, 6) is 0.562. The third kappa shape index (κ3) is 4.90. The van der Waals surface area contributed by atoms with E-state index in [-0.39, 0.29) is 17.6 Å². The lowest BCUT2D eigenvalue weighted by Gasteiger charge is -2.37. The van der Waals surface area contributed by atoms with Crippen molar-refractivity contribution in [1.29, 1.82) is 0 Å². The summed E-state index contributed by atoms with van der Waals surface area (Å²) in [6.07, 6.45) is -1.24. The van der Waals surface area contributed by atoms with Crippen LogP contribution in [-0.4, -0.2) is 58.1 Å². The molecule has 2 aliphatic heterocycles. The predicted octanol–water partition coefficient (Wildman–Crippen LogP) is 3.00. The molecule has 0 radical (unpaired) electrons. The molecule has 0 aromatic carbocycles. The van der Waals surface area contributed by atoms with Crippen LogP contribution in [0.15, 0.2) is 12.1 Å². The van der Waals surface area contributed by atoms with E-state index in [0.717, 1.165) is 38.1 Å². The minimum atomic E-state index is -4.57. The Bertz CT molecular complexity index is 702. The molecule has 10 heteroatoms. The number of hydrogen-bond donors (Lipinski definition) is 1. The predicted molar refractivity (Wildman–Crippen MR) is 95.3 cm³/mol. The summed E-state index contributed by atoms with van der Waals surface area (Å²) in [6.45, 7) is 4.58. The Kier molecular flexibility index (Phi) is 6.04. The molecule has 1 aromatic rings. The van der Waals surface area contributed by atoms with Crippen molar-refractivity contribution in [3.05, 3.63) is 17.8 Å². The zero-order valence-electron chi connectivity index (χ0n) is 15.7. The maximum absolute atomic E-state index is 12.7. The zero-order valence-corrected chi connectivity index (χ0v) is 15.7. The summed E-state index contributed by atoms with van der Waals surface area (Å²) in [5.41, 5.74) is -1.11. The molecule has 0 aliphatic carbocycles. The van der Waals surface area contributed by atoms with Gasteiger partial charge in [0.25, 0.3) is 0 Å². The summed E-state index contributed by atoms with van der Waals surface area (Å²) in [6, 6.07) is 1.39. The highest BCUT2D eigenvalue weighted by Crippen LogP contribution is 2.27. The Hall–Kier alpha value is -2.39. The van der Waals surface area contributed by atoms with Crippen LogP contribution in [0.1, 0.15) is 38.3 Å². The number of nitrogens with zero attached hydrogens (tertiary/aromatic N) is 4. The van der Waals surface area contributed by atoms with Crippen LogP contribution in [0.5, 0.6) is 0 Å². The molecule has 1 aromatic heterocycles. The molecule has 1 atom stereocenters. The van der Waals surface area contributed by atoms with E-state index in [0.29, 0.717) is 31.8 Å². The van der Waals surface area contributed by atoms with Gasteiger partial charge in [0.15, 0.2) is 11.5 Å². The van der Waals surface area contributed by atoms with E-state index in [1.54, 1.807) is 4.90 Å². The fraction of sp³-hybridized carbons (Fsp3) is 0.667. The number of nitrogens with one attached hydrogen (secondary N) is 1. The van der Waals surface area contributed by atoms with Gasteiger partial charge in [0.2, 0.25) is 5.91 Å². The average molecular weight is 399 g/mol. The van der Waals surface area contributed by atoms with Crippen molar-refractivity contribution < 1.29 is 22.8 Å². The van der Waals surface area contributed by atoms with E-state index in [2.05, 4.69) is 22.4 Å². The Morgan fingerprint density at radius 2 is 1.79 bits per heavy atom. The average Bonchev–Trinajstić information content (AvgIpc) is 2.67. The van der Waals surface area contributed by atoms with E-state index in [9.17, 15) is 22.8 Å². The zero-order chi connectivity index (χ0) is 20.3. The summed E-state index contributed by atoms with van der Waals surface area (Å²) in [5, 5.41) is 8.94. The molecule has 3 rings (SSSR count). The van der Waals surface area contributed by atoms with Gasteiger partial charge < -0.3 is 9.80 Å². The quantitative estimate of drug-likeness (QED) is 0.829. The lowest BCUT2D eigenvalue weighted by atomic mass is 9.93. The van der Waals surface area contributed by atoms with Gasteiger partial charge in [-0.05, 0) is 43.7 Å². The van der Waals surface area contributed by atoms with Gasteiger partial charge in [-0.1, -0.05) is 6.92 Å². The van der Waals surface area contributed by atoms with Crippen molar-refractivity contribution in [1.82, 2.24) is 20.0 Å². The number of rotatable bonds is 2. The first kappa shape index (κ1) is 20.3. The highest BCUT2D eigenvalue weighted by Gasteiger charge is 2.34. The summed E-state index contributed by atoms with van der Waals surface area (Å²) < 4.78 is 37.5. The highest BCUT2D eigenvalue weighted by molar-refractivity contribution is 5.88. The first-order valence-electron chi connectivity index (χ1n) is 9.49. The van der Waals surface area contributed by atoms with Gasteiger partial charge in [0.1, 0.15) is 0 Å². The summed E-state index contributed by atoms with van der Waals surface area (Å²) in [4.78, 5) is 28.5. The highest BCUT2D eigenvalue weighted by atomic mass is 19.4. The Morgan fingerprint density at radius 1 is 1.07 bits per heavy atom. The number of amides is 3. The number of carbonyl (C=O) groups excluding carboxylic acids is 2. The van der Waals surface area contributed by atoms with Crippen LogP contribution in [0.25, 0.3) is 0 Å². The number of aromatic nitrogens is 2. The lowest BCUT2D eigenvalue weighted by molar-refractivity contribution is -0.141. The molecule has 3 heterocycles. The second kappa shape index (κ2) is 8.32. The fourth-order valence-electron chi connectivity index (χ4n) is 3.72. The molecule has 2 fully saturated rings. The molecule has 7 nitrogen and oxygen atoms in total. The SMILES string of the molecule is CC1CCCN(C(=O)C2CCN(C(=O)Nc3ccc(C(F)(F)F)nn3)CC2)C1. The molecule has 2 aliphatic rings. The maximum atomic E-state index is 12.7. The number of likely N-dealkylation sites (tertiary alicyclic amines) is 2. The van der Waals surface area contributed by atoms with E-state index in [1.165, 1.54) is 0 Å². The number of alkyl halides is 3. The Labute approximate surface area is 161 Å². The van der Waals surface area contributed by atoms with Crippen LogP contribution in [-0.2, 0) is 11.0 Å². The maximum Gasteiger partial charge on any atom is 0.435 e. The monoisotopic (exact) mass is 399 g/mol. The normalized spacial score (nSPS) is 21.5. The molecule has 1 N–H and O–H groups in total. The lowest BCUT2D eigenvalue weighted by Crippen LogP contribution is -2.47. The largest absolute Gasteiger partial charge is 0.435 e. The summed E-state index contributed by atoms with van der Waals surface area (Å²) >= 11 is 0. The number of halogens is 3. The van der Waals surface area contributed by atoms with Gasteiger partial charge in [-0.3, -0.25) is 10.1 Å². The van der Waals surface area contributed by atoms with Crippen molar-refractivity contribution >= 4 is 17.8 Å². The molecule has 0 bridgehead atoms. The molecular formula is C18H24F3N5O2. The van der Waals surface area contributed by atoms with Crippen molar-refractivity contribution in [2.24, 2.45) is 11.8 Å². The van der Waals surface area contributed by atoms with E-state index >= 15 is 0 Å². The molecule has 28 heavy (non-hydrogen) atoms. The standard InChI is InChI=1S/C18H24F3N5O2/c1-12-3-2-8-26(11-12)16(27)13-6-9-25(10-7-13)17(28)22-15-5-4-14(23-24-15)18(19,20)21/h4-5,12-13H,2-3,6-11H2,1H3,(H,22,24,28). The minimum absolute atomic E-state index is 0.0431. The smallest absolute Gasteiger partial charge is 0.342 e. The van der Waals surface area contributed by atoms with Crippen molar-refractivity contribution in [2.75, 3.05) is 31.5 Å². The molecule has 0 spiro atoms. The first-order chi connectivity index (χ1) is 13.2. The van der Waals surface area contributed by atoms with Crippen LogP contribution in [0.2, 0.25) is 0 Å². The molecular weight excluding hydrogens is 375 g/mol. The van der Waals surface area contributed by atoms with Crippen molar-refractivity contribution in [2.45, 2.75) is 38.8 Å². The van der Waals surface area contributed by atoms with Crippen LogP contribution in [0, 0.1) is 11.8 Å². The number of anilines is 1. The van der Waals surface area contributed by atoms with E-state index in [4.69, 9.17) is 0 Å². The minimum Gasteiger partial charge on any atom is -0.342 e. The third-order valence-corrected chi connectivity index (χ3v) is 5.29. The van der Waals surface area contributed by atoms with Crippen LogP contribution in [0.4, 0.5) is 23.8 Å². The molecule has 1 unspecified atom stereocenters. The number of carbonyl (C=O) groups is 2. The van der Waals surface area contributed by atoms with Gasteiger partial charge in [-0.15, -0.1) is 10.2 Å². The fourth-order valence-corrected chi connectivity index (χ4v) is 3.72. The van der Waals surface area contributed by atoms with Crippen molar-refractivity contribution in [3.63, 3.8) is 0 Å². The van der Waals surface area contributed by atoms with Gasteiger partial charge in [0, 0.05) is 32.1 Å². The van der Waals surface area contributed by atoms with E-state index in [1.807, 2.05) is 4.90 Å². The van der Waals surface area contributed by atoms with Crippen LogP contribution < -0.4 is 5.32 Å². The van der Waals surface area contributed by atoms with Gasteiger partial charge in [-0.25, -0.2) is 4.79 Å². The summed E-state index contributed by atoms with van der Waals surface area (Å²) in [7, 11) is 0.